The number of benzene rings is 1. The van der Waals surface area contributed by atoms with Gasteiger partial charge in [0.25, 0.3) is 0 Å². The van der Waals surface area contributed by atoms with Gasteiger partial charge in [0.15, 0.2) is 0 Å². The molecule has 2 aliphatic rings. The molecule has 0 spiro atoms. The van der Waals surface area contributed by atoms with E-state index in [1.165, 1.54) is 5.56 Å². The van der Waals surface area contributed by atoms with Crippen LogP contribution in [-0.2, 0) is 11.2 Å². The summed E-state index contributed by atoms with van der Waals surface area (Å²) in [5.41, 5.74) is 2.39. The van der Waals surface area contributed by atoms with Gasteiger partial charge in [-0.2, -0.15) is 0 Å². The second kappa shape index (κ2) is 5.63. The Balaban J connectivity index is 1.93. The van der Waals surface area contributed by atoms with Crippen molar-refractivity contribution in [2.24, 2.45) is 5.92 Å². The minimum Gasteiger partial charge on any atom is -0.493 e. The lowest BCUT2D eigenvalue weighted by atomic mass is 9.90. The van der Waals surface area contributed by atoms with E-state index in [2.05, 4.69) is 35.0 Å². The molecule has 0 amide bonds. The van der Waals surface area contributed by atoms with Crippen LogP contribution in [0.3, 0.4) is 0 Å². The zero-order valence-electron chi connectivity index (χ0n) is 11.0. The van der Waals surface area contributed by atoms with E-state index in [1.54, 1.807) is 0 Å². The van der Waals surface area contributed by atoms with Gasteiger partial charge in [-0.15, -0.1) is 11.6 Å². The van der Waals surface area contributed by atoms with Gasteiger partial charge in [-0.3, -0.25) is 0 Å². The Morgan fingerprint density at radius 2 is 2.26 bits per heavy atom. The summed E-state index contributed by atoms with van der Waals surface area (Å²) in [5, 5.41) is -0.0307. The molecule has 0 aliphatic carbocycles. The third kappa shape index (κ3) is 2.53. The third-order valence-electron chi connectivity index (χ3n) is 4.11. The maximum atomic E-state index is 6.76. The maximum absolute atomic E-state index is 6.76. The Hall–Kier alpha value is -0.250. The number of rotatable bonds is 3. The maximum Gasteiger partial charge on any atom is 0.127 e. The normalized spacial score (nSPS) is 27.1. The molecular weight excluding hydrogens is 328 g/mol. The second-order valence-corrected chi connectivity index (χ2v) is 6.64. The Kier molecular flexibility index (Phi) is 4.06. The molecule has 4 heteroatoms. The van der Waals surface area contributed by atoms with E-state index < -0.39 is 0 Å². The van der Waals surface area contributed by atoms with Gasteiger partial charge < -0.3 is 9.47 Å². The van der Waals surface area contributed by atoms with Crippen molar-refractivity contribution in [1.29, 1.82) is 0 Å². The number of hydrogen-bond acceptors (Lipinski definition) is 2. The van der Waals surface area contributed by atoms with Crippen LogP contribution in [0, 0.1) is 5.92 Å². The van der Waals surface area contributed by atoms with Crippen molar-refractivity contribution in [1.82, 2.24) is 0 Å². The lowest BCUT2D eigenvalue weighted by molar-refractivity contribution is 0.0863. The van der Waals surface area contributed by atoms with Gasteiger partial charge in [-0.05, 0) is 30.5 Å². The van der Waals surface area contributed by atoms with Gasteiger partial charge in [0.05, 0.1) is 18.1 Å². The Morgan fingerprint density at radius 3 is 3.05 bits per heavy atom. The van der Waals surface area contributed by atoms with Crippen LogP contribution in [0.25, 0.3) is 0 Å². The minimum atomic E-state index is -0.0307. The number of hydrogen-bond donors (Lipinski definition) is 0. The first kappa shape index (κ1) is 13.7. The molecule has 1 fully saturated rings. The molecule has 0 saturated carbocycles. The molecule has 0 N–H and O–H groups in total. The first-order chi connectivity index (χ1) is 9.20. The molecule has 2 heterocycles. The second-order valence-electron chi connectivity index (χ2n) is 5.25. The van der Waals surface area contributed by atoms with Crippen LogP contribution >= 0.6 is 27.5 Å². The summed E-state index contributed by atoms with van der Waals surface area (Å²) in [6.07, 6.45) is 3.31. The number of alkyl halides is 1. The highest BCUT2D eigenvalue weighted by molar-refractivity contribution is 9.10. The summed E-state index contributed by atoms with van der Waals surface area (Å²) in [5.74, 6) is 1.39. The fraction of sp³-hybridized carbons (Fsp3) is 0.600. The van der Waals surface area contributed by atoms with Crippen LogP contribution in [-0.4, -0.2) is 19.3 Å². The Morgan fingerprint density at radius 1 is 1.42 bits per heavy atom. The SMILES string of the molecule is CCC1OCCC1C(Cl)c1cc(Br)cc2c1OCC2. The highest BCUT2D eigenvalue weighted by Gasteiger charge is 2.36. The summed E-state index contributed by atoms with van der Waals surface area (Å²) >= 11 is 10.3. The first-order valence-corrected chi connectivity index (χ1v) is 8.14. The van der Waals surface area contributed by atoms with Crippen LogP contribution in [0.1, 0.15) is 36.3 Å². The number of fused-ring (bicyclic) bond motifs is 1. The fourth-order valence-electron chi connectivity index (χ4n) is 3.15. The first-order valence-electron chi connectivity index (χ1n) is 6.91. The quantitative estimate of drug-likeness (QED) is 0.752. The van der Waals surface area contributed by atoms with E-state index in [4.69, 9.17) is 21.1 Å². The zero-order chi connectivity index (χ0) is 13.4. The van der Waals surface area contributed by atoms with Gasteiger partial charge in [-0.1, -0.05) is 22.9 Å². The zero-order valence-corrected chi connectivity index (χ0v) is 13.3. The summed E-state index contributed by atoms with van der Waals surface area (Å²) in [4.78, 5) is 0. The molecule has 0 bridgehead atoms. The van der Waals surface area contributed by atoms with Gasteiger partial charge in [0.2, 0.25) is 0 Å². The molecule has 2 aliphatic heterocycles. The van der Waals surface area contributed by atoms with E-state index in [9.17, 15) is 0 Å². The molecule has 1 aromatic carbocycles. The van der Waals surface area contributed by atoms with Crippen molar-refractivity contribution >= 4 is 27.5 Å². The van der Waals surface area contributed by atoms with Crippen molar-refractivity contribution in [2.75, 3.05) is 13.2 Å². The van der Waals surface area contributed by atoms with Gasteiger partial charge in [0.1, 0.15) is 5.75 Å². The molecule has 1 aromatic rings. The van der Waals surface area contributed by atoms with Gasteiger partial charge in [0, 0.05) is 29.0 Å². The summed E-state index contributed by atoms with van der Waals surface area (Å²) in [7, 11) is 0. The van der Waals surface area contributed by atoms with Crippen LogP contribution in [0.2, 0.25) is 0 Å². The van der Waals surface area contributed by atoms with E-state index in [-0.39, 0.29) is 11.5 Å². The topological polar surface area (TPSA) is 18.5 Å². The van der Waals surface area contributed by atoms with Crippen molar-refractivity contribution in [3.05, 3.63) is 27.7 Å². The summed E-state index contributed by atoms with van der Waals surface area (Å²) < 4.78 is 12.6. The minimum absolute atomic E-state index is 0.0307. The summed E-state index contributed by atoms with van der Waals surface area (Å²) in [6.45, 7) is 3.75. The fourth-order valence-corrected chi connectivity index (χ4v) is 4.13. The van der Waals surface area contributed by atoms with Crippen LogP contribution < -0.4 is 4.74 Å². The highest BCUT2D eigenvalue weighted by Crippen LogP contribution is 2.45. The highest BCUT2D eigenvalue weighted by atomic mass is 79.9. The smallest absolute Gasteiger partial charge is 0.127 e. The van der Waals surface area contributed by atoms with E-state index in [0.29, 0.717) is 5.92 Å². The van der Waals surface area contributed by atoms with E-state index >= 15 is 0 Å². The van der Waals surface area contributed by atoms with Crippen LogP contribution in [0.4, 0.5) is 0 Å². The molecule has 0 radical (unpaired) electrons. The number of ether oxygens (including phenoxy) is 2. The Bertz CT molecular complexity index is 477. The van der Waals surface area contributed by atoms with Crippen LogP contribution in [0.15, 0.2) is 16.6 Å². The van der Waals surface area contributed by atoms with Gasteiger partial charge >= 0.3 is 0 Å². The standard InChI is InChI=1S/C15H18BrClO2/c1-2-13-11(4-6-18-13)14(17)12-8-10(16)7-9-3-5-19-15(9)12/h7-8,11,13-14H,2-6H2,1H3. The van der Waals surface area contributed by atoms with Crippen molar-refractivity contribution < 1.29 is 9.47 Å². The average Bonchev–Trinajstić information content (AvgIpc) is 3.04. The van der Waals surface area contributed by atoms with Crippen molar-refractivity contribution in [3.63, 3.8) is 0 Å². The average molecular weight is 346 g/mol. The van der Waals surface area contributed by atoms with E-state index in [0.717, 1.165) is 48.3 Å². The molecule has 0 aromatic heterocycles. The predicted molar refractivity (Wildman–Crippen MR) is 80.1 cm³/mol. The lowest BCUT2D eigenvalue weighted by Gasteiger charge is -2.24. The van der Waals surface area contributed by atoms with Crippen molar-refractivity contribution in [2.45, 2.75) is 37.7 Å². The molecule has 2 nitrogen and oxygen atoms in total. The predicted octanol–water partition coefficient (Wildman–Crippen LogP) is 4.48. The third-order valence-corrected chi connectivity index (χ3v) is 5.13. The largest absolute Gasteiger partial charge is 0.493 e. The molecule has 3 atom stereocenters. The number of halogens is 2. The molecule has 1 saturated heterocycles. The molecule has 19 heavy (non-hydrogen) atoms. The lowest BCUT2D eigenvalue weighted by Crippen LogP contribution is -2.19. The van der Waals surface area contributed by atoms with Crippen LogP contribution in [0.5, 0.6) is 5.75 Å². The summed E-state index contributed by atoms with van der Waals surface area (Å²) in [6, 6.07) is 4.24. The molecule has 3 unspecified atom stereocenters. The van der Waals surface area contributed by atoms with Crippen molar-refractivity contribution in [3.8, 4) is 5.75 Å². The Labute approximate surface area is 127 Å². The monoisotopic (exact) mass is 344 g/mol. The van der Waals surface area contributed by atoms with Gasteiger partial charge in [-0.25, -0.2) is 0 Å². The molecule has 104 valence electrons. The molecule has 3 rings (SSSR count). The molecular formula is C15H18BrClO2. The van der Waals surface area contributed by atoms with E-state index in [1.807, 2.05) is 0 Å².